The van der Waals surface area contributed by atoms with Gasteiger partial charge in [-0.15, -0.1) is 0 Å². The first-order chi connectivity index (χ1) is 10.1. The van der Waals surface area contributed by atoms with E-state index in [0.29, 0.717) is 13.2 Å². The first-order valence-electron chi connectivity index (χ1n) is 6.71. The SMILES string of the molecule is CCCOc1ccc(Br)cc1CNc1cccc(F)c1F. The fraction of sp³-hybridized carbons (Fsp3) is 0.250. The van der Waals surface area contributed by atoms with Crippen LogP contribution in [0.25, 0.3) is 0 Å². The summed E-state index contributed by atoms with van der Waals surface area (Å²) < 4.78 is 33.3. The van der Waals surface area contributed by atoms with Crippen molar-refractivity contribution in [2.45, 2.75) is 19.9 Å². The van der Waals surface area contributed by atoms with Crippen LogP contribution in [0.5, 0.6) is 5.75 Å². The van der Waals surface area contributed by atoms with Crippen molar-refractivity contribution in [1.29, 1.82) is 0 Å². The molecule has 0 saturated carbocycles. The van der Waals surface area contributed by atoms with Gasteiger partial charge in [0, 0.05) is 16.6 Å². The Bertz CT molecular complexity index is 619. The van der Waals surface area contributed by atoms with E-state index in [4.69, 9.17) is 4.74 Å². The van der Waals surface area contributed by atoms with Crippen molar-refractivity contribution in [1.82, 2.24) is 0 Å². The fourth-order valence-corrected chi connectivity index (χ4v) is 2.28. The molecule has 0 bridgehead atoms. The highest BCUT2D eigenvalue weighted by molar-refractivity contribution is 9.10. The number of halogens is 3. The van der Waals surface area contributed by atoms with E-state index in [1.165, 1.54) is 12.1 Å². The molecule has 0 saturated heterocycles. The topological polar surface area (TPSA) is 21.3 Å². The molecule has 21 heavy (non-hydrogen) atoms. The molecular weight excluding hydrogens is 340 g/mol. The minimum Gasteiger partial charge on any atom is -0.493 e. The van der Waals surface area contributed by atoms with Crippen LogP contribution in [-0.2, 0) is 6.54 Å². The average Bonchev–Trinajstić information content (AvgIpc) is 2.48. The number of hydrogen-bond acceptors (Lipinski definition) is 2. The maximum atomic E-state index is 13.6. The van der Waals surface area contributed by atoms with Gasteiger partial charge in [-0.25, -0.2) is 8.78 Å². The summed E-state index contributed by atoms with van der Waals surface area (Å²) in [6, 6.07) is 9.71. The highest BCUT2D eigenvalue weighted by Crippen LogP contribution is 2.25. The molecule has 0 fully saturated rings. The Morgan fingerprint density at radius 1 is 1.19 bits per heavy atom. The van der Waals surface area contributed by atoms with E-state index in [1.54, 1.807) is 0 Å². The van der Waals surface area contributed by atoms with Crippen molar-refractivity contribution in [2.75, 3.05) is 11.9 Å². The zero-order chi connectivity index (χ0) is 15.2. The van der Waals surface area contributed by atoms with Crippen molar-refractivity contribution >= 4 is 21.6 Å². The summed E-state index contributed by atoms with van der Waals surface area (Å²) in [4.78, 5) is 0. The first kappa shape index (κ1) is 15.8. The second-order valence-corrected chi connectivity index (χ2v) is 5.47. The Morgan fingerprint density at radius 2 is 2.00 bits per heavy atom. The van der Waals surface area contributed by atoms with E-state index in [0.717, 1.165) is 28.3 Å². The molecule has 2 aromatic carbocycles. The lowest BCUT2D eigenvalue weighted by molar-refractivity contribution is 0.314. The van der Waals surface area contributed by atoms with E-state index in [1.807, 2.05) is 25.1 Å². The number of ether oxygens (including phenoxy) is 1. The van der Waals surface area contributed by atoms with E-state index in [-0.39, 0.29) is 5.69 Å². The number of benzene rings is 2. The van der Waals surface area contributed by atoms with Crippen LogP contribution in [0.3, 0.4) is 0 Å². The molecular formula is C16H16BrF2NO. The predicted molar refractivity (Wildman–Crippen MR) is 83.6 cm³/mol. The number of anilines is 1. The second-order valence-electron chi connectivity index (χ2n) is 4.56. The van der Waals surface area contributed by atoms with Crippen molar-refractivity contribution in [2.24, 2.45) is 0 Å². The third-order valence-electron chi connectivity index (χ3n) is 2.91. The summed E-state index contributed by atoms with van der Waals surface area (Å²) in [5.41, 5.74) is 1.01. The van der Waals surface area contributed by atoms with E-state index < -0.39 is 11.6 Å². The lowest BCUT2D eigenvalue weighted by atomic mass is 10.2. The summed E-state index contributed by atoms with van der Waals surface area (Å²) in [7, 11) is 0. The number of rotatable bonds is 6. The van der Waals surface area contributed by atoms with E-state index in [9.17, 15) is 8.78 Å². The third-order valence-corrected chi connectivity index (χ3v) is 3.40. The molecule has 0 aliphatic carbocycles. The Hall–Kier alpha value is -1.62. The lowest BCUT2D eigenvalue weighted by Crippen LogP contribution is -2.06. The monoisotopic (exact) mass is 355 g/mol. The van der Waals surface area contributed by atoms with Crippen LogP contribution < -0.4 is 10.1 Å². The van der Waals surface area contributed by atoms with Crippen LogP contribution in [0.4, 0.5) is 14.5 Å². The van der Waals surface area contributed by atoms with Gasteiger partial charge in [-0.3, -0.25) is 0 Å². The highest BCUT2D eigenvalue weighted by Gasteiger charge is 2.09. The summed E-state index contributed by atoms with van der Waals surface area (Å²) in [6.45, 7) is 2.99. The molecule has 0 atom stereocenters. The molecule has 2 rings (SSSR count). The minimum atomic E-state index is -0.872. The Labute approximate surface area is 131 Å². The third kappa shape index (κ3) is 4.17. The van der Waals surface area contributed by atoms with Crippen LogP contribution >= 0.6 is 15.9 Å². The number of nitrogens with one attached hydrogen (secondary N) is 1. The zero-order valence-electron chi connectivity index (χ0n) is 11.6. The number of hydrogen-bond donors (Lipinski definition) is 1. The Morgan fingerprint density at radius 3 is 2.76 bits per heavy atom. The van der Waals surface area contributed by atoms with Gasteiger partial charge in [0.05, 0.1) is 12.3 Å². The van der Waals surface area contributed by atoms with Crippen LogP contribution in [0.1, 0.15) is 18.9 Å². The molecule has 0 aromatic heterocycles. The van der Waals surface area contributed by atoms with Gasteiger partial charge in [0.15, 0.2) is 11.6 Å². The van der Waals surface area contributed by atoms with Crippen LogP contribution in [-0.4, -0.2) is 6.61 Å². The summed E-state index contributed by atoms with van der Waals surface area (Å²) in [5.74, 6) is -0.996. The molecule has 1 N–H and O–H groups in total. The van der Waals surface area contributed by atoms with Gasteiger partial charge < -0.3 is 10.1 Å². The molecule has 0 spiro atoms. The van der Waals surface area contributed by atoms with Gasteiger partial charge in [-0.2, -0.15) is 0 Å². The summed E-state index contributed by atoms with van der Waals surface area (Å²) >= 11 is 3.40. The van der Waals surface area contributed by atoms with Crippen molar-refractivity contribution < 1.29 is 13.5 Å². The standard InChI is InChI=1S/C16H16BrF2NO/c1-2-8-21-15-7-6-12(17)9-11(15)10-20-14-5-3-4-13(18)16(14)19/h3-7,9,20H,2,8,10H2,1H3. The highest BCUT2D eigenvalue weighted by atomic mass is 79.9. The van der Waals surface area contributed by atoms with E-state index in [2.05, 4.69) is 21.2 Å². The first-order valence-corrected chi connectivity index (χ1v) is 7.50. The van der Waals surface area contributed by atoms with Gasteiger partial charge in [-0.1, -0.05) is 28.9 Å². The lowest BCUT2D eigenvalue weighted by Gasteiger charge is -2.13. The van der Waals surface area contributed by atoms with Crippen molar-refractivity contribution in [3.8, 4) is 5.75 Å². The van der Waals surface area contributed by atoms with Crippen molar-refractivity contribution in [3.05, 3.63) is 58.1 Å². The molecule has 0 aliphatic rings. The summed E-state index contributed by atoms with van der Waals surface area (Å²) in [6.07, 6.45) is 0.904. The molecule has 5 heteroatoms. The summed E-state index contributed by atoms with van der Waals surface area (Å²) in [5, 5.41) is 2.90. The molecule has 0 heterocycles. The van der Waals surface area contributed by atoms with Gasteiger partial charge >= 0.3 is 0 Å². The Balaban J connectivity index is 2.15. The average molecular weight is 356 g/mol. The van der Waals surface area contributed by atoms with E-state index >= 15 is 0 Å². The second kappa shape index (κ2) is 7.41. The van der Waals surface area contributed by atoms with Crippen LogP contribution in [0.15, 0.2) is 40.9 Å². The van der Waals surface area contributed by atoms with Gasteiger partial charge in [0.25, 0.3) is 0 Å². The van der Waals surface area contributed by atoms with Crippen molar-refractivity contribution in [3.63, 3.8) is 0 Å². The van der Waals surface area contributed by atoms with Crippen LogP contribution in [0.2, 0.25) is 0 Å². The molecule has 2 aromatic rings. The maximum Gasteiger partial charge on any atom is 0.181 e. The van der Waals surface area contributed by atoms with Crippen LogP contribution in [0, 0.1) is 11.6 Å². The Kier molecular flexibility index (Phi) is 5.56. The maximum absolute atomic E-state index is 13.6. The molecule has 0 aliphatic heterocycles. The normalized spacial score (nSPS) is 10.5. The fourth-order valence-electron chi connectivity index (χ4n) is 1.87. The molecule has 0 radical (unpaired) electrons. The van der Waals surface area contributed by atoms with Gasteiger partial charge in [-0.05, 0) is 36.8 Å². The predicted octanol–water partition coefficient (Wildman–Crippen LogP) is 5.13. The molecule has 2 nitrogen and oxygen atoms in total. The quantitative estimate of drug-likeness (QED) is 0.775. The minimum absolute atomic E-state index is 0.136. The largest absolute Gasteiger partial charge is 0.493 e. The molecule has 112 valence electrons. The zero-order valence-corrected chi connectivity index (χ0v) is 13.2. The smallest absolute Gasteiger partial charge is 0.181 e. The molecule has 0 amide bonds. The van der Waals surface area contributed by atoms with Gasteiger partial charge in [0.2, 0.25) is 0 Å². The van der Waals surface area contributed by atoms with Gasteiger partial charge in [0.1, 0.15) is 5.75 Å². The molecule has 0 unspecified atom stereocenters.